The first kappa shape index (κ1) is 15.7. The number of rotatable bonds is 5. The Bertz CT molecular complexity index is 463. The molecule has 1 heterocycles. The maximum absolute atomic E-state index is 12.4. The zero-order valence-corrected chi connectivity index (χ0v) is 12.7. The molecule has 1 amide bonds. The predicted octanol–water partition coefficient (Wildman–Crippen LogP) is 1.67. The normalized spacial score (nSPS) is 21.9. The van der Waals surface area contributed by atoms with Crippen LogP contribution in [0.25, 0.3) is 0 Å². The zero-order valence-electron chi connectivity index (χ0n) is 12.7. The fourth-order valence-corrected chi connectivity index (χ4v) is 2.66. The lowest BCUT2D eigenvalue weighted by Gasteiger charge is -2.34. The van der Waals surface area contributed by atoms with Crippen molar-refractivity contribution in [3.63, 3.8) is 0 Å². The van der Waals surface area contributed by atoms with Gasteiger partial charge in [-0.15, -0.1) is 0 Å². The fourth-order valence-electron chi connectivity index (χ4n) is 2.66. The van der Waals surface area contributed by atoms with Crippen molar-refractivity contribution >= 4 is 11.7 Å². The molecule has 1 fully saturated rings. The van der Waals surface area contributed by atoms with Crippen LogP contribution < -0.4 is 5.32 Å². The number of aromatic nitrogens is 2. The summed E-state index contributed by atoms with van der Waals surface area (Å²) in [5.74, 6) is 0.490. The third-order valence-electron chi connectivity index (χ3n) is 3.94. The quantitative estimate of drug-likeness (QED) is 0.863. The van der Waals surface area contributed by atoms with E-state index in [1.807, 2.05) is 0 Å². The van der Waals surface area contributed by atoms with Crippen molar-refractivity contribution in [3.05, 3.63) is 18.1 Å². The molecule has 2 rings (SSSR count). The Balaban J connectivity index is 2.01. The minimum Gasteiger partial charge on any atom is -0.391 e. The van der Waals surface area contributed by atoms with Gasteiger partial charge in [0.05, 0.1) is 24.5 Å². The molecule has 1 aromatic heterocycles. The third-order valence-corrected chi connectivity index (χ3v) is 3.94. The van der Waals surface area contributed by atoms with Crippen molar-refractivity contribution in [2.45, 2.75) is 51.2 Å². The first-order valence-corrected chi connectivity index (χ1v) is 7.64. The number of aliphatic hydroxyl groups is 1. The van der Waals surface area contributed by atoms with E-state index in [-0.39, 0.29) is 11.9 Å². The monoisotopic (exact) mass is 292 g/mol. The van der Waals surface area contributed by atoms with Crippen LogP contribution in [0, 0.1) is 0 Å². The molecule has 0 aliphatic heterocycles. The van der Waals surface area contributed by atoms with Gasteiger partial charge in [0.2, 0.25) is 0 Å². The van der Waals surface area contributed by atoms with Crippen LogP contribution in [0.1, 0.15) is 49.5 Å². The lowest BCUT2D eigenvalue weighted by molar-refractivity contribution is 0.0264. The Morgan fingerprint density at radius 1 is 1.38 bits per heavy atom. The lowest BCUT2D eigenvalue weighted by atomic mass is 9.91. The molecule has 6 heteroatoms. The van der Waals surface area contributed by atoms with Gasteiger partial charge in [0.1, 0.15) is 11.5 Å². The van der Waals surface area contributed by atoms with Crippen molar-refractivity contribution in [1.29, 1.82) is 0 Å². The molecule has 116 valence electrons. The second-order valence-corrected chi connectivity index (χ2v) is 5.55. The maximum atomic E-state index is 12.4. The van der Waals surface area contributed by atoms with Gasteiger partial charge in [0.25, 0.3) is 5.91 Å². The number of hydrogen-bond acceptors (Lipinski definition) is 5. The van der Waals surface area contributed by atoms with Gasteiger partial charge in [-0.3, -0.25) is 4.79 Å². The number of carbonyl (C=O) groups excluding carboxylic acids is 1. The molecule has 2 N–H and O–H groups in total. The molecule has 0 spiro atoms. The highest BCUT2D eigenvalue weighted by molar-refractivity contribution is 5.92. The van der Waals surface area contributed by atoms with Crippen LogP contribution in [0.4, 0.5) is 5.82 Å². The van der Waals surface area contributed by atoms with E-state index in [0.717, 1.165) is 38.6 Å². The number of likely N-dealkylation sites (N-methyl/N-ethyl adjacent to an activating group) is 1. The summed E-state index contributed by atoms with van der Waals surface area (Å²) < 4.78 is 0. The van der Waals surface area contributed by atoms with Crippen molar-refractivity contribution in [2.75, 3.05) is 18.9 Å². The Kier molecular flexibility index (Phi) is 5.50. The Hall–Kier alpha value is -1.69. The molecule has 1 aliphatic rings. The smallest absolute Gasteiger partial charge is 0.274 e. The summed E-state index contributed by atoms with van der Waals surface area (Å²) in [6.45, 7) is 2.90. The molecule has 2 atom stereocenters. The molecule has 21 heavy (non-hydrogen) atoms. The first-order valence-electron chi connectivity index (χ1n) is 7.64. The summed E-state index contributed by atoms with van der Waals surface area (Å²) >= 11 is 0. The van der Waals surface area contributed by atoms with E-state index in [1.165, 1.54) is 6.20 Å². The van der Waals surface area contributed by atoms with E-state index in [9.17, 15) is 9.90 Å². The third kappa shape index (κ3) is 3.91. The van der Waals surface area contributed by atoms with E-state index in [0.29, 0.717) is 11.5 Å². The van der Waals surface area contributed by atoms with E-state index < -0.39 is 6.10 Å². The summed E-state index contributed by atoms with van der Waals surface area (Å²) in [4.78, 5) is 22.4. The lowest BCUT2D eigenvalue weighted by Crippen LogP contribution is -2.46. The van der Waals surface area contributed by atoms with Gasteiger partial charge in [0.15, 0.2) is 0 Å². The Morgan fingerprint density at radius 2 is 2.14 bits per heavy atom. The van der Waals surface area contributed by atoms with Crippen LogP contribution in [-0.4, -0.2) is 51.6 Å². The number of carbonyl (C=O) groups is 1. The summed E-state index contributed by atoms with van der Waals surface area (Å²) in [6.07, 6.45) is 7.31. The second kappa shape index (κ2) is 7.36. The van der Waals surface area contributed by atoms with Crippen LogP contribution in [0.5, 0.6) is 0 Å². The predicted molar refractivity (Wildman–Crippen MR) is 81.2 cm³/mol. The summed E-state index contributed by atoms with van der Waals surface area (Å²) in [5.41, 5.74) is 0.317. The van der Waals surface area contributed by atoms with Crippen molar-refractivity contribution < 1.29 is 9.90 Å². The largest absolute Gasteiger partial charge is 0.391 e. The van der Waals surface area contributed by atoms with Crippen LogP contribution in [0.15, 0.2) is 12.4 Å². The standard InChI is InChI=1S/C15H24N4O2/c1-3-8-16-14-10-17-11(9-18-14)15(21)19(2)12-6-4-5-7-13(12)20/h9-10,12-13,20H,3-8H2,1-2H3,(H,16,18). The van der Waals surface area contributed by atoms with Gasteiger partial charge in [0, 0.05) is 13.6 Å². The van der Waals surface area contributed by atoms with Crippen molar-refractivity contribution in [2.24, 2.45) is 0 Å². The molecule has 6 nitrogen and oxygen atoms in total. The van der Waals surface area contributed by atoms with Gasteiger partial charge in [-0.25, -0.2) is 9.97 Å². The minimum absolute atomic E-state index is 0.119. The number of nitrogens with one attached hydrogen (secondary N) is 1. The van der Waals surface area contributed by atoms with Crippen LogP contribution in [-0.2, 0) is 0 Å². The van der Waals surface area contributed by atoms with Crippen LogP contribution in [0.2, 0.25) is 0 Å². The second-order valence-electron chi connectivity index (χ2n) is 5.55. The zero-order chi connectivity index (χ0) is 15.2. The van der Waals surface area contributed by atoms with Gasteiger partial charge in [-0.1, -0.05) is 19.8 Å². The molecule has 1 aliphatic carbocycles. The van der Waals surface area contributed by atoms with E-state index in [1.54, 1.807) is 18.1 Å². The number of hydrogen-bond donors (Lipinski definition) is 2. The summed E-state index contributed by atoms with van der Waals surface area (Å²) in [5, 5.41) is 13.2. The van der Waals surface area contributed by atoms with Crippen molar-refractivity contribution in [1.82, 2.24) is 14.9 Å². The minimum atomic E-state index is -0.439. The van der Waals surface area contributed by atoms with Gasteiger partial charge in [-0.2, -0.15) is 0 Å². The van der Waals surface area contributed by atoms with E-state index >= 15 is 0 Å². The summed E-state index contributed by atoms with van der Waals surface area (Å²) in [6, 6.07) is -0.119. The van der Waals surface area contributed by atoms with Crippen LogP contribution in [0.3, 0.4) is 0 Å². The van der Waals surface area contributed by atoms with Gasteiger partial charge >= 0.3 is 0 Å². The number of nitrogens with zero attached hydrogens (tertiary/aromatic N) is 3. The molecule has 1 saturated carbocycles. The molecular weight excluding hydrogens is 268 g/mol. The topological polar surface area (TPSA) is 78.4 Å². The highest BCUT2D eigenvalue weighted by Crippen LogP contribution is 2.23. The SMILES string of the molecule is CCCNc1cnc(C(=O)N(C)C2CCCCC2O)cn1. The molecule has 0 bridgehead atoms. The van der Waals surface area contributed by atoms with E-state index in [4.69, 9.17) is 0 Å². The molecular formula is C15H24N4O2. The maximum Gasteiger partial charge on any atom is 0.274 e. The number of anilines is 1. The highest BCUT2D eigenvalue weighted by Gasteiger charge is 2.30. The molecule has 0 radical (unpaired) electrons. The average molecular weight is 292 g/mol. The number of aliphatic hydroxyl groups excluding tert-OH is 1. The molecule has 0 aromatic carbocycles. The number of amides is 1. The average Bonchev–Trinajstić information content (AvgIpc) is 2.52. The highest BCUT2D eigenvalue weighted by atomic mass is 16.3. The fraction of sp³-hybridized carbons (Fsp3) is 0.667. The molecule has 0 saturated heterocycles. The van der Waals surface area contributed by atoms with Gasteiger partial charge < -0.3 is 15.3 Å². The van der Waals surface area contributed by atoms with Gasteiger partial charge in [-0.05, 0) is 19.3 Å². The van der Waals surface area contributed by atoms with Crippen LogP contribution >= 0.6 is 0 Å². The first-order chi connectivity index (χ1) is 10.1. The van der Waals surface area contributed by atoms with Crippen molar-refractivity contribution in [3.8, 4) is 0 Å². The Labute approximate surface area is 125 Å². The Morgan fingerprint density at radius 3 is 2.76 bits per heavy atom. The van der Waals surface area contributed by atoms with E-state index in [2.05, 4.69) is 22.2 Å². The summed E-state index contributed by atoms with van der Waals surface area (Å²) in [7, 11) is 1.73. The molecule has 1 aromatic rings. The molecule has 2 unspecified atom stereocenters.